The van der Waals surface area contributed by atoms with Gasteiger partial charge in [-0.3, -0.25) is 0 Å². The Morgan fingerprint density at radius 3 is 2.81 bits per heavy atom. The van der Waals surface area contributed by atoms with Gasteiger partial charge in [-0.15, -0.1) is 11.8 Å². The molecule has 0 amide bonds. The molecule has 2 aromatic rings. The highest BCUT2D eigenvalue weighted by Gasteiger charge is 2.29. The molecule has 0 unspecified atom stereocenters. The van der Waals surface area contributed by atoms with Gasteiger partial charge < -0.3 is 0 Å². The fraction of sp³-hybridized carbons (Fsp3) is 0.467. The van der Waals surface area contributed by atoms with Crippen molar-refractivity contribution >= 4 is 32.5 Å². The highest BCUT2D eigenvalue weighted by Crippen LogP contribution is 2.37. The zero-order chi connectivity index (χ0) is 14.9. The molecule has 4 nitrogen and oxygen atoms in total. The number of thioether (sulfide) groups is 1. The number of para-hydroxylation sites is 1. The monoisotopic (exact) mass is 322 g/mol. The van der Waals surface area contributed by atoms with Crippen molar-refractivity contribution in [3.8, 4) is 0 Å². The summed E-state index contributed by atoms with van der Waals surface area (Å²) in [6.45, 7) is 0. The van der Waals surface area contributed by atoms with Gasteiger partial charge in [0.05, 0.1) is 10.8 Å². The standard InChI is InChI=1S/C15H18N2O2S2/c1-21(18,19)12-6-4-5-11(9-12)20-15-13-7-2-3-8-14(13)16-10-17-15/h2-3,7-8,10-12H,4-6,9H2,1H3/t11-,12+/m1/s1. The lowest BCUT2D eigenvalue weighted by Crippen LogP contribution is -2.28. The van der Waals surface area contributed by atoms with E-state index in [2.05, 4.69) is 9.97 Å². The van der Waals surface area contributed by atoms with Gasteiger partial charge in [-0.1, -0.05) is 24.6 Å². The lowest BCUT2D eigenvalue weighted by molar-refractivity contribution is 0.495. The Bertz CT molecular complexity index is 741. The largest absolute Gasteiger partial charge is 0.236 e. The summed E-state index contributed by atoms with van der Waals surface area (Å²) in [5.41, 5.74) is 0.936. The summed E-state index contributed by atoms with van der Waals surface area (Å²) in [6.07, 6.45) is 6.47. The molecule has 21 heavy (non-hydrogen) atoms. The molecule has 1 aromatic heterocycles. The molecule has 1 heterocycles. The van der Waals surface area contributed by atoms with E-state index in [1.165, 1.54) is 6.26 Å². The second-order valence-electron chi connectivity index (χ2n) is 5.55. The molecule has 1 aromatic carbocycles. The van der Waals surface area contributed by atoms with Crippen molar-refractivity contribution in [2.24, 2.45) is 0 Å². The highest BCUT2D eigenvalue weighted by atomic mass is 32.2. The Hall–Kier alpha value is -1.14. The molecular formula is C15H18N2O2S2. The average molecular weight is 322 g/mol. The first-order chi connectivity index (χ1) is 10.0. The number of aromatic nitrogens is 2. The maximum absolute atomic E-state index is 11.8. The molecule has 0 N–H and O–H groups in total. The zero-order valence-corrected chi connectivity index (χ0v) is 13.5. The van der Waals surface area contributed by atoms with Gasteiger partial charge in [0.15, 0.2) is 0 Å². The quantitative estimate of drug-likeness (QED) is 0.813. The molecule has 0 aliphatic heterocycles. The van der Waals surface area contributed by atoms with E-state index in [1.54, 1.807) is 18.1 Å². The number of fused-ring (bicyclic) bond motifs is 1. The molecule has 1 fully saturated rings. The van der Waals surface area contributed by atoms with E-state index in [0.717, 1.165) is 41.6 Å². The minimum atomic E-state index is -2.94. The minimum absolute atomic E-state index is 0.197. The first-order valence-corrected chi connectivity index (χ1v) is 9.93. The summed E-state index contributed by atoms with van der Waals surface area (Å²) in [6, 6.07) is 7.94. The van der Waals surface area contributed by atoms with Crippen molar-refractivity contribution in [3.05, 3.63) is 30.6 Å². The van der Waals surface area contributed by atoms with Crippen LogP contribution in [0, 0.1) is 0 Å². The maximum Gasteiger partial charge on any atom is 0.150 e. The third kappa shape index (κ3) is 3.37. The van der Waals surface area contributed by atoms with Crippen molar-refractivity contribution in [3.63, 3.8) is 0 Å². The van der Waals surface area contributed by atoms with Crippen LogP contribution in [-0.2, 0) is 9.84 Å². The second kappa shape index (κ2) is 5.93. The van der Waals surface area contributed by atoms with Crippen LogP contribution in [0.2, 0.25) is 0 Å². The Labute approximate surface area is 129 Å². The van der Waals surface area contributed by atoms with E-state index in [9.17, 15) is 8.42 Å². The van der Waals surface area contributed by atoms with Crippen LogP contribution in [0.1, 0.15) is 25.7 Å². The molecule has 2 atom stereocenters. The SMILES string of the molecule is CS(=O)(=O)[C@H]1CCC[C@@H](Sc2ncnc3ccccc23)C1. The van der Waals surface area contributed by atoms with Crippen LogP contribution in [0.25, 0.3) is 10.9 Å². The smallest absolute Gasteiger partial charge is 0.150 e. The molecule has 112 valence electrons. The Morgan fingerprint density at radius 2 is 2.00 bits per heavy atom. The van der Waals surface area contributed by atoms with E-state index >= 15 is 0 Å². The fourth-order valence-electron chi connectivity index (χ4n) is 2.83. The van der Waals surface area contributed by atoms with Gasteiger partial charge in [0.1, 0.15) is 21.2 Å². The molecule has 3 rings (SSSR count). The van der Waals surface area contributed by atoms with Crippen molar-refractivity contribution in [2.45, 2.75) is 41.2 Å². The first kappa shape index (κ1) is 14.8. The van der Waals surface area contributed by atoms with E-state index < -0.39 is 9.84 Å². The van der Waals surface area contributed by atoms with Crippen molar-refractivity contribution in [1.82, 2.24) is 9.97 Å². The summed E-state index contributed by atoms with van der Waals surface area (Å²) in [5, 5.41) is 2.12. The molecular weight excluding hydrogens is 304 g/mol. The molecule has 6 heteroatoms. The van der Waals surface area contributed by atoms with Gasteiger partial charge in [0.25, 0.3) is 0 Å². The summed E-state index contributed by atoms with van der Waals surface area (Å²) >= 11 is 1.70. The third-order valence-electron chi connectivity index (χ3n) is 3.97. The molecule has 1 saturated carbocycles. The summed E-state index contributed by atoms with van der Waals surface area (Å²) in [4.78, 5) is 8.66. The fourth-order valence-corrected chi connectivity index (χ4v) is 5.46. The molecule has 0 radical (unpaired) electrons. The molecule has 1 aliphatic carbocycles. The van der Waals surface area contributed by atoms with E-state index in [0.29, 0.717) is 5.25 Å². The predicted octanol–water partition coefficient (Wildman–Crippen LogP) is 3.08. The number of hydrogen-bond acceptors (Lipinski definition) is 5. The van der Waals surface area contributed by atoms with Crippen LogP contribution in [0.5, 0.6) is 0 Å². The molecule has 0 bridgehead atoms. The lowest BCUT2D eigenvalue weighted by atomic mass is 10.00. The van der Waals surface area contributed by atoms with Gasteiger partial charge >= 0.3 is 0 Å². The summed E-state index contributed by atoms with van der Waals surface area (Å²) < 4.78 is 23.5. The van der Waals surface area contributed by atoms with Crippen LogP contribution < -0.4 is 0 Å². The number of benzene rings is 1. The Morgan fingerprint density at radius 1 is 1.19 bits per heavy atom. The van der Waals surface area contributed by atoms with Crippen LogP contribution >= 0.6 is 11.8 Å². The van der Waals surface area contributed by atoms with E-state index in [-0.39, 0.29) is 5.25 Å². The lowest BCUT2D eigenvalue weighted by Gasteiger charge is -2.27. The van der Waals surface area contributed by atoms with E-state index in [1.807, 2.05) is 24.3 Å². The van der Waals surface area contributed by atoms with Gasteiger partial charge in [-0.05, 0) is 25.3 Å². The van der Waals surface area contributed by atoms with Crippen LogP contribution in [0.4, 0.5) is 0 Å². The normalized spacial score (nSPS) is 23.3. The van der Waals surface area contributed by atoms with Gasteiger partial charge in [0, 0.05) is 16.9 Å². The first-order valence-electron chi connectivity index (χ1n) is 7.09. The minimum Gasteiger partial charge on any atom is -0.236 e. The van der Waals surface area contributed by atoms with E-state index in [4.69, 9.17) is 0 Å². The Kier molecular flexibility index (Phi) is 4.17. The van der Waals surface area contributed by atoms with Gasteiger partial charge in [-0.25, -0.2) is 18.4 Å². The van der Waals surface area contributed by atoms with Crippen molar-refractivity contribution in [2.75, 3.05) is 6.26 Å². The third-order valence-corrected chi connectivity index (χ3v) is 6.92. The highest BCUT2D eigenvalue weighted by molar-refractivity contribution is 8.00. The van der Waals surface area contributed by atoms with Gasteiger partial charge in [-0.2, -0.15) is 0 Å². The maximum atomic E-state index is 11.8. The van der Waals surface area contributed by atoms with Crippen molar-refractivity contribution in [1.29, 1.82) is 0 Å². The molecule has 0 spiro atoms. The van der Waals surface area contributed by atoms with Crippen molar-refractivity contribution < 1.29 is 8.42 Å². The summed E-state index contributed by atoms with van der Waals surface area (Å²) in [5.74, 6) is 0. The topological polar surface area (TPSA) is 59.9 Å². The van der Waals surface area contributed by atoms with Gasteiger partial charge in [0.2, 0.25) is 0 Å². The van der Waals surface area contributed by atoms with Crippen LogP contribution in [0.3, 0.4) is 0 Å². The average Bonchev–Trinajstić information content (AvgIpc) is 2.47. The summed E-state index contributed by atoms with van der Waals surface area (Å²) in [7, 11) is -2.94. The number of nitrogens with zero attached hydrogens (tertiary/aromatic N) is 2. The number of hydrogen-bond donors (Lipinski definition) is 0. The number of rotatable bonds is 3. The Balaban J connectivity index is 1.82. The van der Waals surface area contributed by atoms with Crippen LogP contribution in [-0.4, -0.2) is 35.1 Å². The predicted molar refractivity (Wildman–Crippen MR) is 86.3 cm³/mol. The molecule has 1 aliphatic rings. The number of sulfone groups is 1. The second-order valence-corrected chi connectivity index (χ2v) is 9.17. The van der Waals surface area contributed by atoms with Crippen LogP contribution in [0.15, 0.2) is 35.6 Å². The zero-order valence-electron chi connectivity index (χ0n) is 11.9. The molecule has 0 saturated heterocycles.